The Labute approximate surface area is 155 Å². The number of carbonyl (C=O) groups is 1. The zero-order valence-electron chi connectivity index (χ0n) is 14.6. The van der Waals surface area contributed by atoms with E-state index in [0.29, 0.717) is 22.6 Å². The molecule has 5 nitrogen and oxygen atoms in total. The van der Waals surface area contributed by atoms with Crippen molar-refractivity contribution in [1.29, 1.82) is 0 Å². The Morgan fingerprint density at radius 1 is 1.00 bits per heavy atom. The molecule has 4 rings (SSSR count). The van der Waals surface area contributed by atoms with E-state index in [1.807, 2.05) is 36.4 Å². The van der Waals surface area contributed by atoms with Crippen LogP contribution in [0, 0.1) is 5.82 Å². The molecule has 0 aliphatic heterocycles. The molecule has 6 heteroatoms. The highest BCUT2D eigenvalue weighted by molar-refractivity contribution is 5.90. The second kappa shape index (κ2) is 6.99. The van der Waals surface area contributed by atoms with E-state index in [1.165, 1.54) is 16.6 Å². The minimum absolute atomic E-state index is 0.251. The molecular weight excluding hydrogens is 345 g/mol. The van der Waals surface area contributed by atoms with Crippen molar-refractivity contribution in [1.82, 2.24) is 14.6 Å². The fourth-order valence-electron chi connectivity index (χ4n) is 2.84. The van der Waals surface area contributed by atoms with E-state index in [0.717, 1.165) is 5.56 Å². The van der Waals surface area contributed by atoms with Crippen LogP contribution in [-0.2, 0) is 4.74 Å². The normalized spacial score (nSPS) is 10.9. The third-order valence-electron chi connectivity index (χ3n) is 4.12. The molecule has 0 fully saturated rings. The molecule has 0 aliphatic carbocycles. The lowest BCUT2D eigenvalue weighted by Crippen LogP contribution is -2.12. The minimum Gasteiger partial charge on any atom is -0.461 e. The number of esters is 1. The fraction of sp³-hybridized carbons (Fsp3) is 0.0952. The van der Waals surface area contributed by atoms with Gasteiger partial charge in [0.2, 0.25) is 0 Å². The van der Waals surface area contributed by atoms with Gasteiger partial charge in [0.25, 0.3) is 0 Å². The fourth-order valence-corrected chi connectivity index (χ4v) is 2.84. The number of halogens is 1. The quantitative estimate of drug-likeness (QED) is 0.506. The second-order valence-electron chi connectivity index (χ2n) is 5.92. The third kappa shape index (κ3) is 3.29. The number of hydrogen-bond acceptors (Lipinski definition) is 4. The summed E-state index contributed by atoms with van der Waals surface area (Å²) in [5.41, 5.74) is 3.64. The first-order chi connectivity index (χ1) is 13.2. The topological polar surface area (TPSA) is 56.5 Å². The lowest BCUT2D eigenvalue weighted by atomic mass is 10.1. The third-order valence-corrected chi connectivity index (χ3v) is 4.12. The van der Waals surface area contributed by atoms with Crippen LogP contribution in [-0.4, -0.2) is 27.2 Å². The highest BCUT2D eigenvalue weighted by Gasteiger charge is 2.18. The van der Waals surface area contributed by atoms with Gasteiger partial charge in [0, 0.05) is 17.2 Å². The standard InChI is InChI=1S/C21H16FN3O2/c1-2-27-21(26)19-12-17(15-8-10-16(22)11-9-15)23-20-13-18(24-25(19)20)14-6-4-3-5-7-14/h3-13H,2H2,1H3. The van der Waals surface area contributed by atoms with Crippen molar-refractivity contribution in [3.8, 4) is 22.5 Å². The second-order valence-corrected chi connectivity index (χ2v) is 5.92. The van der Waals surface area contributed by atoms with E-state index >= 15 is 0 Å². The lowest BCUT2D eigenvalue weighted by molar-refractivity contribution is 0.0516. The van der Waals surface area contributed by atoms with Crippen LogP contribution in [0.4, 0.5) is 4.39 Å². The molecule has 0 N–H and O–H groups in total. The molecule has 0 bridgehead atoms. The van der Waals surface area contributed by atoms with Gasteiger partial charge in [-0.25, -0.2) is 18.7 Å². The Bertz CT molecular complexity index is 1110. The van der Waals surface area contributed by atoms with E-state index in [9.17, 15) is 9.18 Å². The first-order valence-corrected chi connectivity index (χ1v) is 8.55. The van der Waals surface area contributed by atoms with Crippen LogP contribution in [0.3, 0.4) is 0 Å². The molecule has 0 amide bonds. The summed E-state index contributed by atoms with van der Waals surface area (Å²) >= 11 is 0. The molecule has 2 aromatic carbocycles. The van der Waals surface area contributed by atoms with Crippen molar-refractivity contribution in [2.45, 2.75) is 6.92 Å². The molecule has 0 unspecified atom stereocenters. The molecule has 0 aliphatic rings. The van der Waals surface area contributed by atoms with Crippen molar-refractivity contribution in [2.24, 2.45) is 0 Å². The van der Waals surface area contributed by atoms with Crippen LogP contribution >= 0.6 is 0 Å². The maximum Gasteiger partial charge on any atom is 0.357 e. The Morgan fingerprint density at radius 2 is 1.70 bits per heavy atom. The molecular formula is C21H16FN3O2. The summed E-state index contributed by atoms with van der Waals surface area (Å²) in [5, 5.41) is 4.53. The minimum atomic E-state index is -0.490. The predicted octanol–water partition coefficient (Wildman–Crippen LogP) is 4.38. The van der Waals surface area contributed by atoms with Crippen LogP contribution in [0.25, 0.3) is 28.2 Å². The predicted molar refractivity (Wildman–Crippen MR) is 99.8 cm³/mol. The number of rotatable bonds is 4. The number of benzene rings is 2. The van der Waals surface area contributed by atoms with Crippen molar-refractivity contribution in [2.75, 3.05) is 6.61 Å². The monoisotopic (exact) mass is 361 g/mol. The maximum absolute atomic E-state index is 13.2. The molecule has 4 aromatic rings. The van der Waals surface area contributed by atoms with E-state index in [-0.39, 0.29) is 18.1 Å². The summed E-state index contributed by atoms with van der Waals surface area (Å²) in [5.74, 6) is -0.822. The molecule has 0 radical (unpaired) electrons. The molecule has 0 atom stereocenters. The first-order valence-electron chi connectivity index (χ1n) is 8.55. The van der Waals surface area contributed by atoms with Gasteiger partial charge >= 0.3 is 5.97 Å². The summed E-state index contributed by atoms with van der Waals surface area (Å²) in [7, 11) is 0. The van der Waals surface area contributed by atoms with E-state index in [2.05, 4.69) is 10.1 Å². The Morgan fingerprint density at radius 3 is 2.41 bits per heavy atom. The lowest BCUT2D eigenvalue weighted by Gasteiger charge is -2.07. The molecule has 27 heavy (non-hydrogen) atoms. The van der Waals surface area contributed by atoms with Crippen LogP contribution in [0.5, 0.6) is 0 Å². The summed E-state index contributed by atoms with van der Waals surface area (Å²) in [6.07, 6.45) is 0. The Kier molecular flexibility index (Phi) is 4.38. The highest BCUT2D eigenvalue weighted by atomic mass is 19.1. The van der Waals surface area contributed by atoms with Crippen molar-refractivity contribution in [3.05, 3.63) is 78.2 Å². The largest absolute Gasteiger partial charge is 0.461 e. The summed E-state index contributed by atoms with van der Waals surface area (Å²) in [6, 6.07) is 19.0. The zero-order chi connectivity index (χ0) is 18.8. The van der Waals surface area contributed by atoms with E-state index in [1.54, 1.807) is 25.1 Å². The van der Waals surface area contributed by atoms with Gasteiger partial charge < -0.3 is 4.74 Å². The van der Waals surface area contributed by atoms with E-state index < -0.39 is 5.97 Å². The molecule has 0 spiro atoms. The van der Waals surface area contributed by atoms with Gasteiger partial charge in [-0.3, -0.25) is 0 Å². The van der Waals surface area contributed by atoms with Crippen LogP contribution in [0.15, 0.2) is 66.7 Å². The molecule has 0 saturated carbocycles. The van der Waals surface area contributed by atoms with Crippen molar-refractivity contribution < 1.29 is 13.9 Å². The summed E-state index contributed by atoms with van der Waals surface area (Å²) in [4.78, 5) is 17.1. The van der Waals surface area contributed by atoms with Gasteiger partial charge in [-0.15, -0.1) is 0 Å². The smallest absolute Gasteiger partial charge is 0.357 e. The van der Waals surface area contributed by atoms with Gasteiger partial charge in [-0.1, -0.05) is 30.3 Å². The average Bonchev–Trinajstić information content (AvgIpc) is 3.13. The summed E-state index contributed by atoms with van der Waals surface area (Å²) < 4.78 is 19.9. The van der Waals surface area contributed by atoms with Gasteiger partial charge in [0.1, 0.15) is 5.82 Å². The van der Waals surface area contributed by atoms with Gasteiger partial charge in [0.05, 0.1) is 18.0 Å². The van der Waals surface area contributed by atoms with E-state index in [4.69, 9.17) is 4.74 Å². The van der Waals surface area contributed by atoms with Gasteiger partial charge in [0.15, 0.2) is 11.3 Å². The number of fused-ring (bicyclic) bond motifs is 1. The van der Waals surface area contributed by atoms with Crippen molar-refractivity contribution >= 4 is 11.6 Å². The number of carbonyl (C=O) groups excluding carboxylic acids is 1. The number of aromatic nitrogens is 3. The Hall–Kier alpha value is -3.54. The molecule has 134 valence electrons. The molecule has 0 saturated heterocycles. The van der Waals surface area contributed by atoms with Crippen LogP contribution < -0.4 is 0 Å². The maximum atomic E-state index is 13.2. The first kappa shape index (κ1) is 16.9. The molecule has 2 heterocycles. The SMILES string of the molecule is CCOC(=O)c1cc(-c2ccc(F)cc2)nc2cc(-c3ccccc3)nn12. The van der Waals surface area contributed by atoms with Crippen molar-refractivity contribution in [3.63, 3.8) is 0 Å². The number of hydrogen-bond donors (Lipinski definition) is 0. The number of ether oxygens (including phenoxy) is 1. The number of nitrogens with zero attached hydrogens (tertiary/aromatic N) is 3. The Balaban J connectivity index is 1.91. The van der Waals surface area contributed by atoms with Crippen LogP contribution in [0.2, 0.25) is 0 Å². The average molecular weight is 361 g/mol. The van der Waals surface area contributed by atoms with Gasteiger partial charge in [-0.05, 0) is 37.3 Å². The van der Waals surface area contributed by atoms with Gasteiger partial charge in [-0.2, -0.15) is 5.10 Å². The van der Waals surface area contributed by atoms with Crippen LogP contribution in [0.1, 0.15) is 17.4 Å². The summed E-state index contributed by atoms with van der Waals surface area (Å²) in [6.45, 7) is 2.00. The zero-order valence-corrected chi connectivity index (χ0v) is 14.6. The molecule has 2 aromatic heterocycles. The highest BCUT2D eigenvalue weighted by Crippen LogP contribution is 2.24.